The van der Waals surface area contributed by atoms with Crippen molar-refractivity contribution in [3.63, 3.8) is 0 Å². The molecule has 0 radical (unpaired) electrons. The largest absolute Gasteiger partial charge is 0.390 e. The minimum Gasteiger partial charge on any atom is -0.390 e. The molecule has 0 spiro atoms. The number of aliphatic hydroxyl groups excluding tert-OH is 1. The van der Waals surface area contributed by atoms with E-state index in [4.69, 9.17) is 9.47 Å². The van der Waals surface area contributed by atoms with Crippen LogP contribution in [0.15, 0.2) is 0 Å². The molecule has 0 aromatic heterocycles. The lowest BCUT2D eigenvalue weighted by molar-refractivity contribution is -0.156. The highest BCUT2D eigenvalue weighted by Crippen LogP contribution is 2.27. The SMILES string of the molecule is CCC1COC(OC)C(NC(C)=O)C(O)C1C. The van der Waals surface area contributed by atoms with Crippen molar-refractivity contribution in [3.05, 3.63) is 0 Å². The minimum absolute atomic E-state index is 0.0667. The van der Waals surface area contributed by atoms with E-state index in [1.165, 1.54) is 14.0 Å². The fourth-order valence-electron chi connectivity index (χ4n) is 2.33. The zero-order valence-electron chi connectivity index (χ0n) is 11.0. The zero-order valence-corrected chi connectivity index (χ0v) is 11.0. The summed E-state index contributed by atoms with van der Waals surface area (Å²) >= 11 is 0. The molecule has 1 aliphatic heterocycles. The monoisotopic (exact) mass is 245 g/mol. The molecule has 5 atom stereocenters. The van der Waals surface area contributed by atoms with Crippen LogP contribution in [-0.2, 0) is 14.3 Å². The van der Waals surface area contributed by atoms with Crippen LogP contribution < -0.4 is 5.32 Å². The highest BCUT2D eigenvalue weighted by molar-refractivity contribution is 5.73. The van der Waals surface area contributed by atoms with Gasteiger partial charge in [-0.1, -0.05) is 20.3 Å². The number of carbonyl (C=O) groups excluding carboxylic acids is 1. The zero-order chi connectivity index (χ0) is 13.0. The number of aliphatic hydroxyl groups is 1. The van der Waals surface area contributed by atoms with Crippen molar-refractivity contribution in [3.8, 4) is 0 Å². The third-order valence-corrected chi connectivity index (χ3v) is 3.54. The molecule has 5 heteroatoms. The normalized spacial score (nSPS) is 38.5. The number of ether oxygens (including phenoxy) is 2. The first-order valence-electron chi connectivity index (χ1n) is 6.10. The van der Waals surface area contributed by atoms with Crippen LogP contribution >= 0.6 is 0 Å². The molecule has 2 N–H and O–H groups in total. The van der Waals surface area contributed by atoms with Crippen LogP contribution in [-0.4, -0.2) is 43.2 Å². The van der Waals surface area contributed by atoms with Gasteiger partial charge in [-0.25, -0.2) is 0 Å². The molecule has 0 aromatic carbocycles. The van der Waals surface area contributed by atoms with Crippen molar-refractivity contribution in [2.75, 3.05) is 13.7 Å². The van der Waals surface area contributed by atoms with E-state index >= 15 is 0 Å². The standard InChI is InChI=1S/C12H23NO4/c1-5-9-6-17-12(16-4)10(13-8(3)14)11(15)7(9)2/h7,9-12,15H,5-6H2,1-4H3,(H,13,14). The Labute approximate surface area is 102 Å². The average molecular weight is 245 g/mol. The fourth-order valence-corrected chi connectivity index (χ4v) is 2.33. The third-order valence-electron chi connectivity index (χ3n) is 3.54. The molecule has 0 aliphatic carbocycles. The fraction of sp³-hybridized carbons (Fsp3) is 0.917. The Morgan fingerprint density at radius 3 is 2.71 bits per heavy atom. The van der Waals surface area contributed by atoms with Gasteiger partial charge in [-0.05, 0) is 11.8 Å². The van der Waals surface area contributed by atoms with Crippen LogP contribution in [0.1, 0.15) is 27.2 Å². The van der Waals surface area contributed by atoms with E-state index < -0.39 is 18.4 Å². The molecule has 1 fully saturated rings. The third kappa shape index (κ3) is 3.40. The molecular formula is C12H23NO4. The van der Waals surface area contributed by atoms with Gasteiger partial charge in [0.2, 0.25) is 5.91 Å². The molecule has 17 heavy (non-hydrogen) atoms. The number of rotatable bonds is 3. The molecule has 1 amide bonds. The van der Waals surface area contributed by atoms with Crippen molar-refractivity contribution in [2.45, 2.75) is 45.6 Å². The van der Waals surface area contributed by atoms with E-state index in [1.807, 2.05) is 6.92 Å². The Hall–Kier alpha value is -0.650. The van der Waals surface area contributed by atoms with Crippen molar-refractivity contribution in [2.24, 2.45) is 11.8 Å². The first-order chi connectivity index (χ1) is 8.01. The van der Waals surface area contributed by atoms with Crippen molar-refractivity contribution >= 4 is 5.91 Å². The second kappa shape index (κ2) is 6.33. The molecule has 5 nitrogen and oxygen atoms in total. The first-order valence-corrected chi connectivity index (χ1v) is 6.10. The van der Waals surface area contributed by atoms with Gasteiger partial charge in [0.1, 0.15) is 6.04 Å². The number of nitrogens with one attached hydrogen (secondary N) is 1. The molecule has 1 rings (SSSR count). The van der Waals surface area contributed by atoms with Gasteiger partial charge in [0.25, 0.3) is 0 Å². The quantitative estimate of drug-likeness (QED) is 0.760. The molecule has 0 saturated carbocycles. The van der Waals surface area contributed by atoms with Crippen molar-refractivity contribution in [1.29, 1.82) is 0 Å². The van der Waals surface area contributed by atoms with Gasteiger partial charge in [0.15, 0.2) is 6.29 Å². The Balaban J connectivity index is 2.85. The van der Waals surface area contributed by atoms with Gasteiger partial charge in [-0.2, -0.15) is 0 Å². The lowest BCUT2D eigenvalue weighted by Gasteiger charge is -2.30. The van der Waals surface area contributed by atoms with Crippen LogP contribution in [0.2, 0.25) is 0 Å². The summed E-state index contributed by atoms with van der Waals surface area (Å²) in [6.45, 7) is 6.02. The summed E-state index contributed by atoms with van der Waals surface area (Å²) in [5.41, 5.74) is 0. The molecule has 1 aliphatic rings. The lowest BCUT2D eigenvalue weighted by atomic mass is 9.85. The Morgan fingerprint density at radius 2 is 2.24 bits per heavy atom. The molecule has 0 aromatic rings. The highest BCUT2D eigenvalue weighted by atomic mass is 16.7. The molecule has 1 heterocycles. The predicted octanol–water partition coefficient (Wildman–Crippen LogP) is 0.517. The smallest absolute Gasteiger partial charge is 0.217 e. The van der Waals surface area contributed by atoms with Crippen LogP contribution in [0.5, 0.6) is 0 Å². The van der Waals surface area contributed by atoms with Crippen LogP contribution in [0.4, 0.5) is 0 Å². The van der Waals surface area contributed by atoms with Crippen LogP contribution in [0.25, 0.3) is 0 Å². The molecule has 100 valence electrons. The Kier molecular flexibility index (Phi) is 5.36. The first kappa shape index (κ1) is 14.4. The summed E-state index contributed by atoms with van der Waals surface area (Å²) in [5.74, 6) is 0.153. The summed E-state index contributed by atoms with van der Waals surface area (Å²) < 4.78 is 10.8. The lowest BCUT2D eigenvalue weighted by Crippen LogP contribution is -2.52. The Morgan fingerprint density at radius 1 is 1.59 bits per heavy atom. The summed E-state index contributed by atoms with van der Waals surface area (Å²) in [6, 6.07) is -0.510. The van der Waals surface area contributed by atoms with E-state index in [-0.39, 0.29) is 17.7 Å². The summed E-state index contributed by atoms with van der Waals surface area (Å²) in [7, 11) is 1.52. The second-order valence-electron chi connectivity index (χ2n) is 4.68. The van der Waals surface area contributed by atoms with Crippen molar-refractivity contribution in [1.82, 2.24) is 5.32 Å². The maximum absolute atomic E-state index is 11.2. The van der Waals surface area contributed by atoms with Gasteiger partial charge in [-0.15, -0.1) is 0 Å². The molecular weight excluding hydrogens is 222 g/mol. The van der Waals surface area contributed by atoms with Gasteiger partial charge in [0, 0.05) is 14.0 Å². The topological polar surface area (TPSA) is 67.8 Å². The number of hydrogen-bond acceptors (Lipinski definition) is 4. The summed E-state index contributed by atoms with van der Waals surface area (Å²) in [5, 5.41) is 13.0. The molecule has 5 unspecified atom stereocenters. The van der Waals surface area contributed by atoms with E-state index in [2.05, 4.69) is 12.2 Å². The second-order valence-corrected chi connectivity index (χ2v) is 4.68. The predicted molar refractivity (Wildman–Crippen MR) is 63.3 cm³/mol. The maximum atomic E-state index is 11.2. The number of carbonyl (C=O) groups is 1. The minimum atomic E-state index is -0.656. The molecule has 0 bridgehead atoms. The number of amides is 1. The van der Waals surface area contributed by atoms with Crippen LogP contribution in [0.3, 0.4) is 0 Å². The molecule has 1 saturated heterocycles. The Bertz CT molecular complexity index is 259. The van der Waals surface area contributed by atoms with E-state index in [9.17, 15) is 9.90 Å². The van der Waals surface area contributed by atoms with Gasteiger partial charge >= 0.3 is 0 Å². The van der Waals surface area contributed by atoms with Crippen LogP contribution in [0, 0.1) is 11.8 Å². The van der Waals surface area contributed by atoms with Gasteiger partial charge in [0.05, 0.1) is 12.7 Å². The van der Waals surface area contributed by atoms with E-state index in [0.717, 1.165) is 6.42 Å². The number of hydrogen-bond donors (Lipinski definition) is 2. The van der Waals surface area contributed by atoms with Crippen molar-refractivity contribution < 1.29 is 19.4 Å². The van der Waals surface area contributed by atoms with E-state index in [0.29, 0.717) is 6.61 Å². The summed E-state index contributed by atoms with van der Waals surface area (Å²) in [4.78, 5) is 11.2. The van der Waals surface area contributed by atoms with E-state index in [1.54, 1.807) is 0 Å². The maximum Gasteiger partial charge on any atom is 0.217 e. The highest BCUT2D eigenvalue weighted by Gasteiger charge is 2.39. The average Bonchev–Trinajstić information content (AvgIpc) is 2.40. The van der Waals surface area contributed by atoms with Gasteiger partial charge in [-0.3, -0.25) is 4.79 Å². The summed E-state index contributed by atoms with van der Waals surface area (Å²) in [6.07, 6.45) is -0.314. The van der Waals surface area contributed by atoms with Gasteiger partial charge < -0.3 is 19.9 Å². The number of methoxy groups -OCH3 is 1.